The van der Waals surface area contributed by atoms with Crippen molar-refractivity contribution < 1.29 is 0 Å². The maximum absolute atomic E-state index is 5.66. The van der Waals surface area contributed by atoms with E-state index in [1.165, 1.54) is 25.7 Å². The molecule has 1 fully saturated rings. The van der Waals surface area contributed by atoms with Crippen molar-refractivity contribution in [3.63, 3.8) is 0 Å². The highest BCUT2D eigenvalue weighted by atomic mass is 15.4. The van der Waals surface area contributed by atoms with Gasteiger partial charge in [-0.2, -0.15) is 0 Å². The molecule has 3 N–H and O–H groups in total. The van der Waals surface area contributed by atoms with E-state index in [2.05, 4.69) is 29.2 Å². The molecule has 0 aliphatic carbocycles. The van der Waals surface area contributed by atoms with E-state index in [0.29, 0.717) is 5.41 Å². The molecule has 0 amide bonds. The highest BCUT2D eigenvalue weighted by Gasteiger charge is 2.32. The van der Waals surface area contributed by atoms with Gasteiger partial charge in [0.1, 0.15) is 0 Å². The Hall–Kier alpha value is -1.55. The predicted molar refractivity (Wildman–Crippen MR) is 84.7 cm³/mol. The third kappa shape index (κ3) is 3.31. The van der Waals surface area contributed by atoms with Gasteiger partial charge in [0.05, 0.1) is 5.69 Å². The lowest BCUT2D eigenvalue weighted by molar-refractivity contribution is 0.134. The summed E-state index contributed by atoms with van der Waals surface area (Å²) in [4.78, 5) is 6.87. The monoisotopic (exact) mass is 274 g/mol. The fraction of sp³-hybridized carbons (Fsp3) is 0.562. The second-order valence-corrected chi connectivity index (χ2v) is 5.61. The van der Waals surface area contributed by atoms with E-state index in [4.69, 9.17) is 5.84 Å². The van der Waals surface area contributed by atoms with Crippen LogP contribution >= 0.6 is 0 Å². The molecule has 1 heterocycles. The van der Waals surface area contributed by atoms with E-state index in [0.717, 1.165) is 24.7 Å². The summed E-state index contributed by atoms with van der Waals surface area (Å²) in [5.74, 6) is 6.44. The standard InChI is InChI=1S/C16H26N4/c1-3-16(4-2)10-12-20(13-11-16)15(19-17)18-14-8-6-5-7-9-14/h5-9H,3-4,10-13,17H2,1-2H3,(H,18,19). The minimum Gasteiger partial charge on any atom is -0.342 e. The van der Waals surface area contributed by atoms with Gasteiger partial charge in [0, 0.05) is 13.1 Å². The van der Waals surface area contributed by atoms with Crippen molar-refractivity contribution in [3.8, 4) is 0 Å². The second kappa shape index (κ2) is 6.75. The maximum Gasteiger partial charge on any atom is 0.213 e. The molecule has 1 aliphatic heterocycles. The lowest BCUT2D eigenvalue weighted by Crippen LogP contribution is -2.50. The smallest absolute Gasteiger partial charge is 0.213 e. The Labute approximate surface area is 122 Å². The first kappa shape index (κ1) is 14.9. The molecule has 1 aromatic rings. The highest BCUT2D eigenvalue weighted by molar-refractivity contribution is 5.82. The van der Waals surface area contributed by atoms with Gasteiger partial charge >= 0.3 is 0 Å². The van der Waals surface area contributed by atoms with E-state index in [9.17, 15) is 0 Å². The summed E-state index contributed by atoms with van der Waals surface area (Å²) in [7, 11) is 0. The topological polar surface area (TPSA) is 53.6 Å². The Bertz CT molecular complexity index is 427. The molecule has 0 atom stereocenters. The molecule has 4 nitrogen and oxygen atoms in total. The number of rotatable bonds is 3. The van der Waals surface area contributed by atoms with Crippen molar-refractivity contribution >= 4 is 11.6 Å². The number of nitrogens with two attached hydrogens (primary N) is 1. The van der Waals surface area contributed by atoms with Crippen molar-refractivity contribution in [2.75, 3.05) is 13.1 Å². The minimum atomic E-state index is 0.517. The maximum atomic E-state index is 5.66. The highest BCUT2D eigenvalue weighted by Crippen LogP contribution is 2.37. The van der Waals surface area contributed by atoms with Gasteiger partial charge in [-0.05, 0) is 30.4 Å². The Balaban J connectivity index is 2.06. The number of para-hydroxylation sites is 1. The number of aliphatic imine (C=N–C) groups is 1. The Kier molecular flexibility index (Phi) is 5.01. The van der Waals surface area contributed by atoms with Gasteiger partial charge in [-0.15, -0.1) is 0 Å². The summed E-state index contributed by atoms with van der Waals surface area (Å²) in [6.07, 6.45) is 4.96. The zero-order valence-corrected chi connectivity index (χ0v) is 12.6. The van der Waals surface area contributed by atoms with Crippen LogP contribution in [0.3, 0.4) is 0 Å². The largest absolute Gasteiger partial charge is 0.342 e. The predicted octanol–water partition coefficient (Wildman–Crippen LogP) is 3.04. The van der Waals surface area contributed by atoms with Gasteiger partial charge < -0.3 is 4.90 Å². The van der Waals surface area contributed by atoms with E-state index in [1.807, 2.05) is 30.3 Å². The van der Waals surface area contributed by atoms with Crippen molar-refractivity contribution in [1.82, 2.24) is 10.3 Å². The van der Waals surface area contributed by atoms with Crippen LogP contribution in [0, 0.1) is 5.41 Å². The molecule has 0 spiro atoms. The number of hydrogen-bond donors (Lipinski definition) is 2. The molecular formula is C16H26N4. The van der Waals surface area contributed by atoms with Crippen LogP contribution in [0.15, 0.2) is 35.3 Å². The number of nitrogens with one attached hydrogen (secondary N) is 1. The molecule has 1 aliphatic rings. The van der Waals surface area contributed by atoms with Gasteiger partial charge in [-0.3, -0.25) is 5.43 Å². The summed E-state index contributed by atoms with van der Waals surface area (Å²) >= 11 is 0. The van der Waals surface area contributed by atoms with E-state index in [1.54, 1.807) is 0 Å². The van der Waals surface area contributed by atoms with Gasteiger partial charge in [-0.25, -0.2) is 10.8 Å². The molecule has 0 unspecified atom stereocenters. The molecule has 2 rings (SSSR count). The van der Waals surface area contributed by atoms with E-state index in [-0.39, 0.29) is 0 Å². The fourth-order valence-electron chi connectivity index (χ4n) is 2.97. The van der Waals surface area contributed by atoms with E-state index < -0.39 is 0 Å². The SMILES string of the molecule is CCC1(CC)CCN(C(=Nc2ccccc2)NN)CC1. The molecule has 1 saturated heterocycles. The van der Waals surface area contributed by atoms with Crippen molar-refractivity contribution in [2.24, 2.45) is 16.3 Å². The Morgan fingerprint density at radius 1 is 1.20 bits per heavy atom. The zero-order valence-electron chi connectivity index (χ0n) is 12.6. The molecular weight excluding hydrogens is 248 g/mol. The number of hydrazine groups is 1. The summed E-state index contributed by atoms with van der Waals surface area (Å²) in [5, 5.41) is 0. The molecule has 0 bridgehead atoms. The number of guanidine groups is 1. The number of hydrogen-bond acceptors (Lipinski definition) is 2. The molecule has 0 saturated carbocycles. The number of benzene rings is 1. The lowest BCUT2D eigenvalue weighted by atomic mass is 9.74. The van der Waals surface area contributed by atoms with Crippen LogP contribution in [0.2, 0.25) is 0 Å². The molecule has 20 heavy (non-hydrogen) atoms. The van der Waals surface area contributed by atoms with Crippen LogP contribution in [0.5, 0.6) is 0 Å². The second-order valence-electron chi connectivity index (χ2n) is 5.61. The molecule has 4 heteroatoms. The van der Waals surface area contributed by atoms with Crippen LogP contribution < -0.4 is 11.3 Å². The third-order valence-corrected chi connectivity index (χ3v) is 4.74. The van der Waals surface area contributed by atoms with Crippen LogP contribution in [0.1, 0.15) is 39.5 Å². The first-order valence-corrected chi connectivity index (χ1v) is 7.58. The fourth-order valence-corrected chi connectivity index (χ4v) is 2.97. The Morgan fingerprint density at radius 2 is 1.80 bits per heavy atom. The average Bonchev–Trinajstić information content (AvgIpc) is 2.54. The van der Waals surface area contributed by atoms with Gasteiger partial charge in [0.15, 0.2) is 0 Å². The minimum absolute atomic E-state index is 0.517. The summed E-state index contributed by atoms with van der Waals surface area (Å²) in [5.41, 5.74) is 4.21. The summed E-state index contributed by atoms with van der Waals surface area (Å²) < 4.78 is 0. The van der Waals surface area contributed by atoms with Crippen molar-refractivity contribution in [1.29, 1.82) is 0 Å². The first-order chi connectivity index (χ1) is 9.73. The molecule has 0 radical (unpaired) electrons. The zero-order chi connectivity index (χ0) is 14.4. The van der Waals surface area contributed by atoms with Gasteiger partial charge in [0.2, 0.25) is 5.96 Å². The van der Waals surface area contributed by atoms with Crippen LogP contribution in [0.25, 0.3) is 0 Å². The first-order valence-electron chi connectivity index (χ1n) is 7.58. The molecule has 1 aromatic carbocycles. The number of likely N-dealkylation sites (tertiary alicyclic amines) is 1. The van der Waals surface area contributed by atoms with Crippen molar-refractivity contribution in [2.45, 2.75) is 39.5 Å². The van der Waals surface area contributed by atoms with E-state index >= 15 is 0 Å². The summed E-state index contributed by atoms with van der Waals surface area (Å²) in [6.45, 7) is 6.66. The third-order valence-electron chi connectivity index (χ3n) is 4.74. The Morgan fingerprint density at radius 3 is 2.30 bits per heavy atom. The summed E-state index contributed by atoms with van der Waals surface area (Å²) in [6, 6.07) is 9.95. The van der Waals surface area contributed by atoms with Gasteiger partial charge in [0.25, 0.3) is 0 Å². The van der Waals surface area contributed by atoms with Crippen LogP contribution in [-0.4, -0.2) is 23.9 Å². The average molecular weight is 274 g/mol. The normalized spacial score (nSPS) is 18.9. The lowest BCUT2D eigenvalue weighted by Gasteiger charge is -2.41. The number of nitrogens with zero attached hydrogens (tertiary/aromatic N) is 2. The van der Waals surface area contributed by atoms with Crippen LogP contribution in [0.4, 0.5) is 5.69 Å². The quantitative estimate of drug-likeness (QED) is 0.385. The van der Waals surface area contributed by atoms with Gasteiger partial charge in [-0.1, -0.05) is 44.9 Å². The van der Waals surface area contributed by atoms with Crippen LogP contribution in [-0.2, 0) is 0 Å². The molecule has 110 valence electrons. The number of piperidine rings is 1. The van der Waals surface area contributed by atoms with Crippen molar-refractivity contribution in [3.05, 3.63) is 30.3 Å². The molecule has 0 aromatic heterocycles.